The highest BCUT2D eigenvalue weighted by molar-refractivity contribution is 5.71. The molecule has 0 aliphatic carbocycles. The van der Waals surface area contributed by atoms with Gasteiger partial charge in [0.25, 0.3) is 0 Å². The fraction of sp³-hybridized carbons (Fsp3) is 0.588. The maximum absolute atomic E-state index is 11.2. The van der Waals surface area contributed by atoms with Crippen LogP contribution in [0.4, 0.5) is 0 Å². The molecule has 1 aliphatic rings. The molecule has 0 radical (unpaired) electrons. The summed E-state index contributed by atoms with van der Waals surface area (Å²) in [5.74, 6) is 0.674. The standard InChI is InChI=1S/C17H25NO2/c1-14-3-5-15(6-4-14)7-8-16-9-11-18(12-10-16)13-17(19)20-2/h3-6,16H,7-13H2,1-2H3. The van der Waals surface area contributed by atoms with E-state index in [4.69, 9.17) is 4.74 Å². The number of hydrogen-bond acceptors (Lipinski definition) is 3. The summed E-state index contributed by atoms with van der Waals surface area (Å²) < 4.78 is 4.71. The average molecular weight is 275 g/mol. The molecule has 0 bridgehead atoms. The van der Waals surface area contributed by atoms with Crippen LogP contribution in [0.2, 0.25) is 0 Å². The smallest absolute Gasteiger partial charge is 0.319 e. The first-order valence-corrected chi connectivity index (χ1v) is 7.52. The van der Waals surface area contributed by atoms with Gasteiger partial charge in [-0.2, -0.15) is 0 Å². The van der Waals surface area contributed by atoms with E-state index in [0.29, 0.717) is 6.54 Å². The van der Waals surface area contributed by atoms with E-state index in [1.54, 1.807) is 0 Å². The summed E-state index contributed by atoms with van der Waals surface area (Å²) in [5, 5.41) is 0. The molecule has 0 N–H and O–H groups in total. The third kappa shape index (κ3) is 4.64. The number of aryl methyl sites for hydroxylation is 2. The first kappa shape index (κ1) is 15.0. The van der Waals surface area contributed by atoms with Crippen molar-refractivity contribution >= 4 is 5.97 Å². The van der Waals surface area contributed by atoms with Crippen molar-refractivity contribution in [2.45, 2.75) is 32.6 Å². The predicted molar refractivity (Wildman–Crippen MR) is 80.7 cm³/mol. The lowest BCUT2D eigenvalue weighted by atomic mass is 9.90. The molecule has 20 heavy (non-hydrogen) atoms. The SMILES string of the molecule is COC(=O)CN1CCC(CCc2ccc(C)cc2)CC1. The minimum absolute atomic E-state index is 0.122. The van der Waals surface area contributed by atoms with Crippen LogP contribution in [0.5, 0.6) is 0 Å². The Kier molecular flexibility index (Phi) is 5.60. The monoisotopic (exact) mass is 275 g/mol. The fourth-order valence-corrected chi connectivity index (χ4v) is 2.81. The molecule has 3 nitrogen and oxygen atoms in total. The maximum atomic E-state index is 11.2. The Labute approximate surface area is 121 Å². The molecule has 0 atom stereocenters. The van der Waals surface area contributed by atoms with Gasteiger partial charge in [0.2, 0.25) is 0 Å². The van der Waals surface area contributed by atoms with Crippen molar-refractivity contribution in [3.05, 3.63) is 35.4 Å². The van der Waals surface area contributed by atoms with Crippen molar-refractivity contribution in [3.63, 3.8) is 0 Å². The zero-order chi connectivity index (χ0) is 14.4. The van der Waals surface area contributed by atoms with Gasteiger partial charge in [-0.1, -0.05) is 29.8 Å². The van der Waals surface area contributed by atoms with E-state index in [1.807, 2.05) is 0 Å². The molecule has 1 heterocycles. The number of hydrogen-bond donors (Lipinski definition) is 0. The molecule has 1 aliphatic heterocycles. The molecule has 0 amide bonds. The van der Waals surface area contributed by atoms with Crippen LogP contribution in [0.1, 0.15) is 30.4 Å². The van der Waals surface area contributed by atoms with Crippen molar-refractivity contribution in [2.24, 2.45) is 5.92 Å². The van der Waals surface area contributed by atoms with Gasteiger partial charge in [-0.3, -0.25) is 9.69 Å². The van der Waals surface area contributed by atoms with E-state index in [9.17, 15) is 4.79 Å². The number of carbonyl (C=O) groups excluding carboxylic acids is 1. The second-order valence-corrected chi connectivity index (χ2v) is 5.82. The van der Waals surface area contributed by atoms with Crippen molar-refractivity contribution in [1.82, 2.24) is 4.90 Å². The van der Waals surface area contributed by atoms with Gasteiger partial charge in [-0.25, -0.2) is 0 Å². The van der Waals surface area contributed by atoms with Gasteiger partial charge in [-0.05, 0) is 57.2 Å². The molecule has 110 valence electrons. The zero-order valence-corrected chi connectivity index (χ0v) is 12.6. The normalized spacial score (nSPS) is 17.1. The number of esters is 1. The van der Waals surface area contributed by atoms with E-state index < -0.39 is 0 Å². The van der Waals surface area contributed by atoms with Crippen molar-refractivity contribution in [2.75, 3.05) is 26.7 Å². The number of likely N-dealkylation sites (tertiary alicyclic amines) is 1. The summed E-state index contributed by atoms with van der Waals surface area (Å²) in [7, 11) is 1.46. The Morgan fingerprint density at radius 3 is 2.50 bits per heavy atom. The average Bonchev–Trinajstić information content (AvgIpc) is 2.48. The van der Waals surface area contributed by atoms with E-state index >= 15 is 0 Å². The van der Waals surface area contributed by atoms with Crippen molar-refractivity contribution < 1.29 is 9.53 Å². The zero-order valence-electron chi connectivity index (χ0n) is 12.6. The van der Waals surface area contributed by atoms with Crippen LogP contribution in [-0.2, 0) is 16.0 Å². The molecule has 0 spiro atoms. The third-order valence-electron chi connectivity index (χ3n) is 4.25. The van der Waals surface area contributed by atoms with E-state index in [1.165, 1.54) is 43.9 Å². The highest BCUT2D eigenvalue weighted by Crippen LogP contribution is 2.22. The molecular formula is C17H25NO2. The van der Waals surface area contributed by atoms with E-state index in [2.05, 4.69) is 36.1 Å². The Balaban J connectivity index is 1.69. The highest BCUT2D eigenvalue weighted by Gasteiger charge is 2.20. The van der Waals surface area contributed by atoms with Crippen LogP contribution in [0.3, 0.4) is 0 Å². The van der Waals surface area contributed by atoms with Gasteiger partial charge in [0.15, 0.2) is 0 Å². The predicted octanol–water partition coefficient (Wildman–Crippen LogP) is 2.81. The number of carbonyl (C=O) groups is 1. The molecule has 0 unspecified atom stereocenters. The second-order valence-electron chi connectivity index (χ2n) is 5.82. The Morgan fingerprint density at radius 1 is 1.25 bits per heavy atom. The number of benzene rings is 1. The second kappa shape index (κ2) is 7.44. The van der Waals surface area contributed by atoms with E-state index in [-0.39, 0.29) is 5.97 Å². The van der Waals surface area contributed by atoms with Gasteiger partial charge in [0.1, 0.15) is 0 Å². The number of rotatable bonds is 5. The maximum Gasteiger partial charge on any atom is 0.319 e. The largest absolute Gasteiger partial charge is 0.468 e. The highest BCUT2D eigenvalue weighted by atomic mass is 16.5. The van der Waals surface area contributed by atoms with Crippen molar-refractivity contribution in [1.29, 1.82) is 0 Å². The van der Waals surface area contributed by atoms with Crippen LogP contribution in [0.25, 0.3) is 0 Å². The van der Waals surface area contributed by atoms with Crippen LogP contribution >= 0.6 is 0 Å². The molecule has 0 aromatic heterocycles. The molecule has 2 rings (SSSR count). The molecule has 1 fully saturated rings. The lowest BCUT2D eigenvalue weighted by Gasteiger charge is -2.31. The van der Waals surface area contributed by atoms with E-state index in [0.717, 1.165) is 19.0 Å². The molecule has 1 aromatic rings. The molecule has 3 heteroatoms. The lowest BCUT2D eigenvalue weighted by molar-refractivity contribution is -0.142. The molecule has 1 saturated heterocycles. The van der Waals surface area contributed by atoms with Crippen LogP contribution < -0.4 is 0 Å². The lowest BCUT2D eigenvalue weighted by Crippen LogP contribution is -2.37. The van der Waals surface area contributed by atoms with Gasteiger partial charge >= 0.3 is 5.97 Å². The van der Waals surface area contributed by atoms with Crippen LogP contribution in [0.15, 0.2) is 24.3 Å². The summed E-state index contributed by atoms with van der Waals surface area (Å²) in [4.78, 5) is 13.4. The topological polar surface area (TPSA) is 29.5 Å². The minimum atomic E-state index is -0.122. The molecule has 1 aromatic carbocycles. The number of ether oxygens (including phenoxy) is 1. The first-order valence-electron chi connectivity index (χ1n) is 7.52. The Hall–Kier alpha value is -1.35. The molecular weight excluding hydrogens is 250 g/mol. The summed E-state index contributed by atoms with van der Waals surface area (Å²) >= 11 is 0. The quantitative estimate of drug-likeness (QED) is 0.774. The van der Waals surface area contributed by atoms with Gasteiger partial charge in [0, 0.05) is 0 Å². The molecule has 0 saturated carbocycles. The number of methoxy groups -OCH3 is 1. The van der Waals surface area contributed by atoms with Gasteiger partial charge in [0.05, 0.1) is 13.7 Å². The van der Waals surface area contributed by atoms with Gasteiger partial charge < -0.3 is 4.74 Å². The van der Waals surface area contributed by atoms with Gasteiger partial charge in [-0.15, -0.1) is 0 Å². The van der Waals surface area contributed by atoms with Crippen LogP contribution in [0, 0.1) is 12.8 Å². The third-order valence-corrected chi connectivity index (χ3v) is 4.25. The first-order chi connectivity index (χ1) is 9.67. The Morgan fingerprint density at radius 2 is 1.90 bits per heavy atom. The summed E-state index contributed by atoms with van der Waals surface area (Å²) in [6.45, 7) is 4.61. The number of piperidine rings is 1. The summed E-state index contributed by atoms with van der Waals surface area (Å²) in [6.07, 6.45) is 4.82. The Bertz CT molecular complexity index is 419. The van der Waals surface area contributed by atoms with Crippen LogP contribution in [-0.4, -0.2) is 37.6 Å². The van der Waals surface area contributed by atoms with Crippen molar-refractivity contribution in [3.8, 4) is 0 Å². The summed E-state index contributed by atoms with van der Waals surface area (Å²) in [6, 6.07) is 8.85. The fourth-order valence-electron chi connectivity index (χ4n) is 2.81. The minimum Gasteiger partial charge on any atom is -0.468 e. The summed E-state index contributed by atoms with van der Waals surface area (Å²) in [5.41, 5.74) is 2.76. The number of nitrogens with zero attached hydrogens (tertiary/aromatic N) is 1.